The molecule has 0 saturated carbocycles. The van der Waals surface area contributed by atoms with E-state index in [0.717, 1.165) is 13.0 Å². The van der Waals surface area contributed by atoms with Crippen LogP contribution in [0.3, 0.4) is 0 Å². The third-order valence-electron chi connectivity index (χ3n) is 3.30. The average molecular weight is 298 g/mol. The Morgan fingerprint density at radius 2 is 2.10 bits per heavy atom. The lowest BCUT2D eigenvalue weighted by Crippen LogP contribution is -2.35. The maximum absolute atomic E-state index is 12.2. The molecule has 5 N–H and O–H groups in total. The summed E-state index contributed by atoms with van der Waals surface area (Å²) in [6, 6.07) is 6.41. The van der Waals surface area contributed by atoms with Crippen molar-refractivity contribution in [2.24, 2.45) is 10.6 Å². The van der Waals surface area contributed by atoms with Crippen LogP contribution in [0.1, 0.15) is 13.3 Å². The SMILES string of the molecule is CC1(C(=O)Nc2cccc(NS(N)(=O)=O)c2)CCNC1. The summed E-state index contributed by atoms with van der Waals surface area (Å²) >= 11 is 0. The molecule has 7 nitrogen and oxygen atoms in total. The quantitative estimate of drug-likeness (QED) is 0.637. The Morgan fingerprint density at radius 3 is 2.70 bits per heavy atom. The van der Waals surface area contributed by atoms with Crippen molar-refractivity contribution in [2.45, 2.75) is 13.3 Å². The summed E-state index contributed by atoms with van der Waals surface area (Å²) in [5.41, 5.74) is 0.389. The van der Waals surface area contributed by atoms with E-state index in [9.17, 15) is 13.2 Å². The fourth-order valence-electron chi connectivity index (χ4n) is 2.12. The van der Waals surface area contributed by atoms with E-state index in [2.05, 4.69) is 15.4 Å². The van der Waals surface area contributed by atoms with Crippen molar-refractivity contribution in [1.29, 1.82) is 0 Å². The molecule has 1 aliphatic heterocycles. The molecule has 8 heteroatoms. The molecule has 0 spiro atoms. The molecular weight excluding hydrogens is 280 g/mol. The van der Waals surface area contributed by atoms with E-state index in [1.807, 2.05) is 6.92 Å². The molecule has 0 bridgehead atoms. The first-order valence-electron chi connectivity index (χ1n) is 6.21. The van der Waals surface area contributed by atoms with Gasteiger partial charge in [-0.25, -0.2) is 5.14 Å². The molecule has 2 rings (SSSR count). The van der Waals surface area contributed by atoms with Gasteiger partial charge in [-0.3, -0.25) is 9.52 Å². The molecule has 110 valence electrons. The first-order chi connectivity index (χ1) is 9.28. The highest BCUT2D eigenvalue weighted by molar-refractivity contribution is 7.90. The van der Waals surface area contributed by atoms with E-state index in [4.69, 9.17) is 5.14 Å². The number of nitrogens with two attached hydrogens (primary N) is 1. The molecule has 1 saturated heterocycles. The van der Waals surface area contributed by atoms with E-state index >= 15 is 0 Å². The highest BCUT2D eigenvalue weighted by Crippen LogP contribution is 2.27. The summed E-state index contributed by atoms with van der Waals surface area (Å²) < 4.78 is 24.1. The first-order valence-corrected chi connectivity index (χ1v) is 7.76. The van der Waals surface area contributed by atoms with Gasteiger partial charge >= 0.3 is 0 Å². The molecule has 1 amide bonds. The molecule has 1 unspecified atom stereocenters. The molecule has 0 radical (unpaired) electrons. The molecular formula is C12H18N4O3S. The highest BCUT2D eigenvalue weighted by atomic mass is 32.2. The number of carbonyl (C=O) groups excluding carboxylic acids is 1. The summed E-state index contributed by atoms with van der Waals surface area (Å²) in [7, 11) is -3.82. The second kappa shape index (κ2) is 5.39. The molecule has 1 aromatic rings. The topological polar surface area (TPSA) is 113 Å². The van der Waals surface area contributed by atoms with Crippen LogP contribution in [0.15, 0.2) is 24.3 Å². The van der Waals surface area contributed by atoms with Crippen LogP contribution in [-0.2, 0) is 15.0 Å². The minimum absolute atomic E-state index is 0.0877. The number of rotatable bonds is 4. The first kappa shape index (κ1) is 14.8. The molecule has 20 heavy (non-hydrogen) atoms. The fourth-order valence-corrected chi connectivity index (χ4v) is 2.57. The van der Waals surface area contributed by atoms with Crippen molar-refractivity contribution >= 4 is 27.5 Å². The summed E-state index contributed by atoms with van der Waals surface area (Å²) in [5.74, 6) is -0.0877. The molecule has 1 aliphatic rings. The lowest BCUT2D eigenvalue weighted by Gasteiger charge is -2.21. The Kier molecular flexibility index (Phi) is 3.98. The Hall–Kier alpha value is -1.64. The maximum atomic E-state index is 12.2. The largest absolute Gasteiger partial charge is 0.326 e. The van der Waals surface area contributed by atoms with Crippen molar-refractivity contribution in [3.63, 3.8) is 0 Å². The van der Waals surface area contributed by atoms with Gasteiger partial charge in [-0.2, -0.15) is 8.42 Å². The van der Waals surface area contributed by atoms with Crippen LogP contribution >= 0.6 is 0 Å². The van der Waals surface area contributed by atoms with Gasteiger partial charge in [0.25, 0.3) is 10.2 Å². The Balaban J connectivity index is 2.10. The minimum Gasteiger partial charge on any atom is -0.326 e. The van der Waals surface area contributed by atoms with Gasteiger partial charge in [-0.1, -0.05) is 6.07 Å². The van der Waals surface area contributed by atoms with Crippen molar-refractivity contribution in [2.75, 3.05) is 23.1 Å². The predicted molar refractivity (Wildman–Crippen MR) is 77.4 cm³/mol. The standard InChI is InChI=1S/C12H18N4O3S/c1-12(5-6-14-8-12)11(17)15-9-3-2-4-10(7-9)16-20(13,18)19/h2-4,7,14,16H,5-6,8H2,1H3,(H,15,17)(H2,13,18,19). The smallest absolute Gasteiger partial charge is 0.296 e. The van der Waals surface area contributed by atoms with Gasteiger partial charge in [-0.15, -0.1) is 0 Å². The van der Waals surface area contributed by atoms with Crippen LogP contribution in [0.5, 0.6) is 0 Å². The summed E-state index contributed by atoms with van der Waals surface area (Å²) in [4.78, 5) is 12.2. The predicted octanol–water partition coefficient (Wildman–Crippen LogP) is 0.240. The van der Waals surface area contributed by atoms with Crippen LogP contribution < -0.4 is 20.5 Å². The number of amides is 1. The van der Waals surface area contributed by atoms with Crippen LogP contribution in [0.2, 0.25) is 0 Å². The van der Waals surface area contributed by atoms with E-state index in [1.54, 1.807) is 18.2 Å². The Labute approximate surface area is 118 Å². The average Bonchev–Trinajstić information content (AvgIpc) is 2.76. The van der Waals surface area contributed by atoms with Gasteiger partial charge < -0.3 is 10.6 Å². The van der Waals surface area contributed by atoms with E-state index < -0.39 is 15.6 Å². The molecule has 1 atom stereocenters. The maximum Gasteiger partial charge on any atom is 0.296 e. The third kappa shape index (κ3) is 3.69. The number of hydrogen-bond donors (Lipinski definition) is 4. The molecule has 0 aliphatic carbocycles. The van der Waals surface area contributed by atoms with Gasteiger partial charge in [0.05, 0.1) is 11.1 Å². The van der Waals surface area contributed by atoms with Crippen molar-refractivity contribution in [3.05, 3.63) is 24.3 Å². The number of nitrogens with one attached hydrogen (secondary N) is 3. The second-order valence-corrected chi connectivity index (χ2v) is 6.46. The van der Waals surface area contributed by atoms with Crippen LogP contribution in [0.25, 0.3) is 0 Å². The molecule has 1 heterocycles. The van der Waals surface area contributed by atoms with Crippen LogP contribution in [0, 0.1) is 5.41 Å². The van der Waals surface area contributed by atoms with Crippen molar-refractivity contribution in [1.82, 2.24) is 5.32 Å². The van der Waals surface area contributed by atoms with Gasteiger partial charge in [0.15, 0.2) is 0 Å². The van der Waals surface area contributed by atoms with Crippen molar-refractivity contribution < 1.29 is 13.2 Å². The fraction of sp³-hybridized carbons (Fsp3) is 0.417. The number of benzene rings is 1. The van der Waals surface area contributed by atoms with Gasteiger partial charge in [0, 0.05) is 12.2 Å². The molecule has 1 aromatic carbocycles. The monoisotopic (exact) mass is 298 g/mol. The number of hydrogen-bond acceptors (Lipinski definition) is 4. The molecule has 0 aromatic heterocycles. The number of carbonyl (C=O) groups is 1. The van der Waals surface area contributed by atoms with Gasteiger partial charge in [0.1, 0.15) is 0 Å². The zero-order chi connectivity index (χ0) is 14.8. The normalized spacial score (nSPS) is 22.5. The molecule has 1 fully saturated rings. The zero-order valence-corrected chi connectivity index (χ0v) is 12.0. The lowest BCUT2D eigenvalue weighted by atomic mass is 9.89. The van der Waals surface area contributed by atoms with Crippen molar-refractivity contribution in [3.8, 4) is 0 Å². The summed E-state index contributed by atoms with van der Waals surface area (Å²) in [5, 5.41) is 10.9. The number of anilines is 2. The summed E-state index contributed by atoms with van der Waals surface area (Å²) in [6.45, 7) is 3.35. The Morgan fingerprint density at radius 1 is 1.40 bits per heavy atom. The van der Waals surface area contributed by atoms with E-state index in [-0.39, 0.29) is 5.91 Å². The minimum atomic E-state index is -3.82. The summed E-state index contributed by atoms with van der Waals surface area (Å²) in [6.07, 6.45) is 0.772. The van der Waals surface area contributed by atoms with Crippen LogP contribution in [-0.4, -0.2) is 27.4 Å². The third-order valence-corrected chi connectivity index (χ3v) is 3.82. The van der Waals surface area contributed by atoms with E-state index in [1.165, 1.54) is 6.07 Å². The van der Waals surface area contributed by atoms with Crippen LogP contribution in [0.4, 0.5) is 11.4 Å². The van der Waals surface area contributed by atoms with E-state index in [0.29, 0.717) is 17.9 Å². The second-order valence-electron chi connectivity index (χ2n) is 5.17. The lowest BCUT2D eigenvalue weighted by molar-refractivity contribution is -0.123. The Bertz CT molecular complexity index is 609. The van der Waals surface area contributed by atoms with Gasteiger partial charge in [0.2, 0.25) is 5.91 Å². The zero-order valence-electron chi connectivity index (χ0n) is 11.1. The highest BCUT2D eigenvalue weighted by Gasteiger charge is 2.36. The van der Waals surface area contributed by atoms with Gasteiger partial charge in [-0.05, 0) is 38.1 Å².